The van der Waals surface area contributed by atoms with Gasteiger partial charge in [0.25, 0.3) is 5.69 Å². The van der Waals surface area contributed by atoms with Crippen LogP contribution >= 0.6 is 0 Å². The predicted molar refractivity (Wildman–Crippen MR) is 35.4 cm³/mol. The summed E-state index contributed by atoms with van der Waals surface area (Å²) in [5.74, 6) is 0. The molecule has 0 heterocycles. The molecule has 0 unspecified atom stereocenters. The van der Waals surface area contributed by atoms with E-state index in [1.165, 1.54) is 24.3 Å². The summed E-state index contributed by atoms with van der Waals surface area (Å²) in [5, 5.41) is 10.1. The van der Waals surface area contributed by atoms with Crippen molar-refractivity contribution in [3.05, 3.63) is 46.9 Å². The second-order valence-corrected chi connectivity index (χ2v) is 1.80. The van der Waals surface area contributed by atoms with Crippen molar-refractivity contribution in [2.24, 2.45) is 0 Å². The van der Waals surface area contributed by atoms with Gasteiger partial charge in [-0.05, 0) is 5.56 Å². The van der Waals surface area contributed by atoms with Crippen molar-refractivity contribution in [1.29, 1.82) is 0 Å². The summed E-state index contributed by atoms with van der Waals surface area (Å²) >= 11 is 0. The topological polar surface area (TPSA) is 43.1 Å². The summed E-state index contributed by atoms with van der Waals surface area (Å²) in [6.07, 6.45) is 0. The van der Waals surface area contributed by atoms with Gasteiger partial charge in [-0.25, -0.2) is 0 Å². The van der Waals surface area contributed by atoms with E-state index >= 15 is 0 Å². The summed E-state index contributed by atoms with van der Waals surface area (Å²) in [6, 6.07) is 5.39. The lowest BCUT2D eigenvalue weighted by Gasteiger charge is -1.89. The first kappa shape index (κ1) is 6.74. The number of benzene rings is 1. The lowest BCUT2D eigenvalue weighted by atomic mass is 10.2. The fraction of sp³-hybridized carbons (Fsp3) is 0. The van der Waals surface area contributed by atoms with Crippen molar-refractivity contribution in [1.82, 2.24) is 0 Å². The molecule has 0 spiro atoms. The Labute approximate surface area is 58.4 Å². The van der Waals surface area contributed by atoms with Crippen LogP contribution in [0.5, 0.6) is 0 Å². The van der Waals surface area contributed by atoms with Gasteiger partial charge < -0.3 is 0 Å². The largest absolute Gasteiger partial charge is 0.269 e. The fourth-order valence-corrected chi connectivity index (χ4v) is 0.583. The molecule has 0 N–H and O–H groups in total. The Balaban J connectivity index is 3.00. The van der Waals surface area contributed by atoms with Crippen LogP contribution in [0.2, 0.25) is 0 Å². The standard InChI is InChI=1S/C7H4NO2/c1-6-2-4-7(5-3-6)8(9)10/h2-5H. The highest BCUT2D eigenvalue weighted by atomic mass is 16.6. The smallest absolute Gasteiger partial charge is 0.258 e. The van der Waals surface area contributed by atoms with E-state index in [-0.39, 0.29) is 11.3 Å². The third-order valence-electron chi connectivity index (χ3n) is 1.08. The van der Waals surface area contributed by atoms with Gasteiger partial charge in [-0.2, -0.15) is 0 Å². The van der Waals surface area contributed by atoms with Crippen LogP contribution < -0.4 is 0 Å². The highest BCUT2D eigenvalue weighted by molar-refractivity contribution is 5.33. The van der Waals surface area contributed by atoms with E-state index in [1.54, 1.807) is 0 Å². The zero-order chi connectivity index (χ0) is 7.56. The Kier molecular flexibility index (Phi) is 1.67. The molecule has 10 heavy (non-hydrogen) atoms. The lowest BCUT2D eigenvalue weighted by Crippen LogP contribution is -1.86. The van der Waals surface area contributed by atoms with Crippen molar-refractivity contribution in [2.75, 3.05) is 0 Å². The summed E-state index contributed by atoms with van der Waals surface area (Å²) in [6.45, 7) is 7.01. The van der Waals surface area contributed by atoms with Crippen molar-refractivity contribution >= 4 is 5.69 Å². The second-order valence-electron chi connectivity index (χ2n) is 1.80. The molecule has 49 valence electrons. The molecular weight excluding hydrogens is 130 g/mol. The van der Waals surface area contributed by atoms with Crippen LogP contribution in [0.1, 0.15) is 5.56 Å². The molecule has 3 radical (unpaired) electrons. The van der Waals surface area contributed by atoms with E-state index in [4.69, 9.17) is 6.92 Å². The molecule has 0 fully saturated rings. The monoisotopic (exact) mass is 134 g/mol. The Morgan fingerprint density at radius 1 is 1.30 bits per heavy atom. The van der Waals surface area contributed by atoms with Crippen LogP contribution in [0.15, 0.2) is 24.3 Å². The summed E-state index contributed by atoms with van der Waals surface area (Å²) < 4.78 is 0. The van der Waals surface area contributed by atoms with Gasteiger partial charge in [0.05, 0.1) is 4.92 Å². The Morgan fingerprint density at radius 3 is 2.20 bits per heavy atom. The number of hydrogen-bond donors (Lipinski definition) is 0. The van der Waals surface area contributed by atoms with Crippen molar-refractivity contribution < 1.29 is 4.92 Å². The van der Waals surface area contributed by atoms with Gasteiger partial charge in [-0.3, -0.25) is 10.1 Å². The maximum atomic E-state index is 10.1. The van der Waals surface area contributed by atoms with Crippen LogP contribution in [0.4, 0.5) is 5.69 Å². The van der Waals surface area contributed by atoms with Gasteiger partial charge in [0.1, 0.15) is 0 Å². The average molecular weight is 134 g/mol. The SMILES string of the molecule is [C]c1ccc([N+](=O)[O-])cc1. The molecule has 1 rings (SSSR count). The van der Waals surface area contributed by atoms with Crippen LogP contribution in [0, 0.1) is 17.0 Å². The van der Waals surface area contributed by atoms with E-state index < -0.39 is 4.92 Å². The van der Waals surface area contributed by atoms with Crippen molar-refractivity contribution in [2.45, 2.75) is 0 Å². The first-order valence-corrected chi connectivity index (χ1v) is 2.66. The highest BCUT2D eigenvalue weighted by Crippen LogP contribution is 2.10. The quantitative estimate of drug-likeness (QED) is 0.431. The van der Waals surface area contributed by atoms with E-state index in [2.05, 4.69) is 0 Å². The van der Waals surface area contributed by atoms with E-state index in [0.29, 0.717) is 0 Å². The maximum Gasteiger partial charge on any atom is 0.269 e. The second kappa shape index (κ2) is 2.47. The molecule has 0 amide bonds. The fourth-order valence-electron chi connectivity index (χ4n) is 0.583. The normalized spacial score (nSPS) is 9.30. The Hall–Kier alpha value is -1.38. The highest BCUT2D eigenvalue weighted by Gasteiger charge is 2.00. The van der Waals surface area contributed by atoms with Crippen LogP contribution in [-0.4, -0.2) is 4.92 Å². The van der Waals surface area contributed by atoms with Gasteiger partial charge >= 0.3 is 0 Å². The molecule has 3 heteroatoms. The number of nitro benzene ring substituents is 1. The maximum absolute atomic E-state index is 10.1. The van der Waals surface area contributed by atoms with Crippen LogP contribution in [0.3, 0.4) is 0 Å². The van der Waals surface area contributed by atoms with Crippen LogP contribution in [-0.2, 0) is 0 Å². The van der Waals surface area contributed by atoms with E-state index in [9.17, 15) is 10.1 Å². The Bertz CT molecular complexity index is 240. The minimum atomic E-state index is -0.487. The molecule has 1 aromatic carbocycles. The predicted octanol–water partition coefficient (Wildman–Crippen LogP) is 1.53. The molecule has 0 aliphatic heterocycles. The molecule has 0 aliphatic carbocycles. The van der Waals surface area contributed by atoms with E-state index in [0.717, 1.165) is 0 Å². The molecule has 3 nitrogen and oxygen atoms in total. The summed E-state index contributed by atoms with van der Waals surface area (Å²) in [5.41, 5.74) is 0.307. The molecule has 1 aromatic rings. The molecule has 0 saturated carbocycles. The molecule has 0 aromatic heterocycles. The number of non-ortho nitro benzene ring substituents is 1. The Morgan fingerprint density at radius 2 is 1.80 bits per heavy atom. The van der Waals surface area contributed by atoms with Gasteiger partial charge in [0.15, 0.2) is 0 Å². The molecule has 0 saturated heterocycles. The van der Waals surface area contributed by atoms with Gasteiger partial charge in [-0.1, -0.05) is 12.1 Å². The minimum absolute atomic E-state index is 0.0241. The first-order chi connectivity index (χ1) is 4.70. The number of hydrogen-bond acceptors (Lipinski definition) is 2. The number of rotatable bonds is 1. The first-order valence-electron chi connectivity index (χ1n) is 2.66. The zero-order valence-corrected chi connectivity index (χ0v) is 5.07. The lowest BCUT2D eigenvalue weighted by molar-refractivity contribution is -0.384. The zero-order valence-electron chi connectivity index (χ0n) is 5.07. The third kappa shape index (κ3) is 1.31. The van der Waals surface area contributed by atoms with Crippen molar-refractivity contribution in [3.8, 4) is 0 Å². The minimum Gasteiger partial charge on any atom is -0.258 e. The molecular formula is C7H4NO2. The average Bonchev–Trinajstić information content (AvgIpc) is 1.88. The molecule has 0 aliphatic rings. The number of nitrogens with zero attached hydrogens (tertiary/aromatic N) is 1. The van der Waals surface area contributed by atoms with Crippen LogP contribution in [0.25, 0.3) is 0 Å². The van der Waals surface area contributed by atoms with E-state index in [1.807, 2.05) is 0 Å². The molecule has 0 atom stereocenters. The van der Waals surface area contributed by atoms with Gasteiger partial charge in [0.2, 0.25) is 0 Å². The summed E-state index contributed by atoms with van der Waals surface area (Å²) in [4.78, 5) is 9.57. The van der Waals surface area contributed by atoms with Gasteiger partial charge in [0, 0.05) is 19.1 Å². The number of nitro groups is 1. The third-order valence-corrected chi connectivity index (χ3v) is 1.08. The summed E-state index contributed by atoms with van der Waals surface area (Å²) in [7, 11) is 0. The van der Waals surface area contributed by atoms with Gasteiger partial charge in [-0.15, -0.1) is 0 Å². The molecule has 0 bridgehead atoms. The van der Waals surface area contributed by atoms with Crippen molar-refractivity contribution in [3.63, 3.8) is 0 Å².